The number of nitrogens with one attached hydrogen (secondary N) is 2. The molecule has 2 aliphatic rings. The van der Waals surface area contributed by atoms with Gasteiger partial charge in [-0.05, 0) is 61.9 Å². The number of rotatable bonds is 5. The van der Waals surface area contributed by atoms with Gasteiger partial charge in [-0.2, -0.15) is 0 Å². The molecule has 0 radical (unpaired) electrons. The van der Waals surface area contributed by atoms with Gasteiger partial charge in [-0.3, -0.25) is 4.79 Å². The van der Waals surface area contributed by atoms with Crippen molar-refractivity contribution in [3.8, 4) is 5.75 Å². The molecular formula is C17H24N2O2. The fourth-order valence-corrected chi connectivity index (χ4v) is 3.55. The zero-order valence-electron chi connectivity index (χ0n) is 12.6. The topological polar surface area (TPSA) is 50.4 Å². The first-order chi connectivity index (χ1) is 10.3. The minimum atomic E-state index is -0.0199. The minimum Gasteiger partial charge on any atom is -0.494 e. The van der Waals surface area contributed by atoms with Crippen LogP contribution in [0.4, 0.5) is 5.69 Å². The lowest BCUT2D eigenvalue weighted by Crippen LogP contribution is -2.39. The van der Waals surface area contributed by atoms with Crippen molar-refractivity contribution in [1.82, 2.24) is 5.32 Å². The van der Waals surface area contributed by atoms with E-state index in [-0.39, 0.29) is 11.9 Å². The number of benzene rings is 1. The van der Waals surface area contributed by atoms with Crippen molar-refractivity contribution in [2.24, 2.45) is 11.8 Å². The summed E-state index contributed by atoms with van der Waals surface area (Å²) in [5.41, 5.74) is 0.840. The third-order valence-electron chi connectivity index (χ3n) is 4.62. The molecule has 1 aromatic carbocycles. The van der Waals surface area contributed by atoms with Crippen LogP contribution in [0, 0.1) is 11.8 Å². The standard InChI is InChI=1S/C17H24N2O2/c1-2-10-21-14-8-6-13(7-9-14)19-17(20)16-15-5-3-4-12(15)11-18-16/h6-9,12,15-16,18H,2-5,10-11H2,1H3,(H,19,20). The second-order valence-corrected chi connectivity index (χ2v) is 6.10. The highest BCUT2D eigenvalue weighted by Crippen LogP contribution is 2.38. The maximum atomic E-state index is 12.4. The highest BCUT2D eigenvalue weighted by Gasteiger charge is 2.42. The molecule has 1 aliphatic carbocycles. The van der Waals surface area contributed by atoms with Crippen molar-refractivity contribution in [1.29, 1.82) is 0 Å². The Labute approximate surface area is 126 Å². The van der Waals surface area contributed by atoms with Gasteiger partial charge in [0, 0.05) is 5.69 Å². The predicted molar refractivity (Wildman–Crippen MR) is 83.5 cm³/mol. The van der Waals surface area contributed by atoms with E-state index in [0.717, 1.165) is 31.0 Å². The molecule has 3 unspecified atom stereocenters. The lowest BCUT2D eigenvalue weighted by atomic mass is 9.93. The molecule has 1 heterocycles. The van der Waals surface area contributed by atoms with Gasteiger partial charge in [-0.1, -0.05) is 13.3 Å². The lowest BCUT2D eigenvalue weighted by molar-refractivity contribution is -0.118. The normalized spacial score (nSPS) is 27.4. The number of hydrogen-bond acceptors (Lipinski definition) is 3. The van der Waals surface area contributed by atoms with Crippen LogP contribution in [0.3, 0.4) is 0 Å². The smallest absolute Gasteiger partial charge is 0.241 e. The van der Waals surface area contributed by atoms with Gasteiger partial charge in [0.2, 0.25) is 5.91 Å². The van der Waals surface area contributed by atoms with E-state index in [1.54, 1.807) is 0 Å². The van der Waals surface area contributed by atoms with E-state index in [0.29, 0.717) is 11.8 Å². The number of carbonyl (C=O) groups is 1. The number of fused-ring (bicyclic) bond motifs is 1. The van der Waals surface area contributed by atoms with Crippen molar-refractivity contribution in [3.63, 3.8) is 0 Å². The van der Waals surface area contributed by atoms with Gasteiger partial charge in [0.1, 0.15) is 5.75 Å². The second kappa shape index (κ2) is 6.48. The molecular weight excluding hydrogens is 264 g/mol. The van der Waals surface area contributed by atoms with Crippen LogP contribution in [0.1, 0.15) is 32.6 Å². The Kier molecular flexibility index (Phi) is 4.44. The molecule has 1 aliphatic heterocycles. The number of hydrogen-bond donors (Lipinski definition) is 2. The van der Waals surface area contributed by atoms with E-state index < -0.39 is 0 Å². The monoisotopic (exact) mass is 288 g/mol. The van der Waals surface area contributed by atoms with Crippen molar-refractivity contribution in [3.05, 3.63) is 24.3 Å². The van der Waals surface area contributed by atoms with Crippen molar-refractivity contribution >= 4 is 11.6 Å². The Morgan fingerprint density at radius 3 is 2.90 bits per heavy atom. The molecule has 21 heavy (non-hydrogen) atoms. The Morgan fingerprint density at radius 2 is 2.14 bits per heavy atom. The molecule has 3 atom stereocenters. The zero-order chi connectivity index (χ0) is 14.7. The molecule has 1 aromatic rings. The minimum absolute atomic E-state index is 0.0199. The average molecular weight is 288 g/mol. The molecule has 4 nitrogen and oxygen atoms in total. The van der Waals surface area contributed by atoms with E-state index in [4.69, 9.17) is 4.74 Å². The molecule has 1 amide bonds. The van der Waals surface area contributed by atoms with Gasteiger partial charge >= 0.3 is 0 Å². The molecule has 3 rings (SSSR count). The number of amides is 1. The van der Waals surface area contributed by atoms with Crippen LogP contribution in [0.5, 0.6) is 5.75 Å². The molecule has 0 spiro atoms. The van der Waals surface area contributed by atoms with Gasteiger partial charge in [-0.15, -0.1) is 0 Å². The summed E-state index contributed by atoms with van der Waals surface area (Å²) in [6.07, 6.45) is 4.71. The maximum Gasteiger partial charge on any atom is 0.241 e. The van der Waals surface area contributed by atoms with E-state index in [1.165, 1.54) is 19.3 Å². The summed E-state index contributed by atoms with van der Waals surface area (Å²) in [4.78, 5) is 12.4. The molecule has 4 heteroatoms. The molecule has 114 valence electrons. The van der Waals surface area contributed by atoms with Crippen LogP contribution in [0.25, 0.3) is 0 Å². The SMILES string of the molecule is CCCOc1ccc(NC(=O)C2NCC3CCCC32)cc1. The molecule has 2 N–H and O–H groups in total. The first-order valence-electron chi connectivity index (χ1n) is 8.05. The molecule has 0 bridgehead atoms. The fourth-order valence-electron chi connectivity index (χ4n) is 3.55. The van der Waals surface area contributed by atoms with E-state index in [9.17, 15) is 4.79 Å². The first kappa shape index (κ1) is 14.4. The lowest BCUT2D eigenvalue weighted by Gasteiger charge is -2.17. The Morgan fingerprint density at radius 1 is 1.33 bits per heavy atom. The van der Waals surface area contributed by atoms with E-state index in [2.05, 4.69) is 17.6 Å². The number of carbonyl (C=O) groups excluding carboxylic acids is 1. The third kappa shape index (κ3) is 3.21. The summed E-state index contributed by atoms with van der Waals surface area (Å²) >= 11 is 0. The van der Waals surface area contributed by atoms with Gasteiger partial charge < -0.3 is 15.4 Å². The maximum absolute atomic E-state index is 12.4. The number of anilines is 1. The van der Waals surface area contributed by atoms with Gasteiger partial charge in [0.15, 0.2) is 0 Å². The second-order valence-electron chi connectivity index (χ2n) is 6.10. The summed E-state index contributed by atoms with van der Waals surface area (Å²) in [5, 5.41) is 6.40. The van der Waals surface area contributed by atoms with Crippen molar-refractivity contribution in [2.45, 2.75) is 38.6 Å². The van der Waals surface area contributed by atoms with Crippen LogP contribution in [0.2, 0.25) is 0 Å². The molecule has 1 saturated carbocycles. The van der Waals surface area contributed by atoms with Gasteiger partial charge in [-0.25, -0.2) is 0 Å². The first-order valence-corrected chi connectivity index (χ1v) is 8.05. The highest BCUT2D eigenvalue weighted by atomic mass is 16.5. The summed E-state index contributed by atoms with van der Waals surface area (Å²) < 4.78 is 5.55. The predicted octanol–water partition coefficient (Wildman–Crippen LogP) is 2.80. The molecule has 2 fully saturated rings. The van der Waals surface area contributed by atoms with Gasteiger partial charge in [0.05, 0.1) is 12.6 Å². The van der Waals surface area contributed by atoms with Crippen molar-refractivity contribution < 1.29 is 9.53 Å². The molecule has 0 aromatic heterocycles. The van der Waals surface area contributed by atoms with E-state index in [1.807, 2.05) is 24.3 Å². The summed E-state index contributed by atoms with van der Waals surface area (Å²) in [7, 11) is 0. The van der Waals surface area contributed by atoms with Crippen molar-refractivity contribution in [2.75, 3.05) is 18.5 Å². The van der Waals surface area contributed by atoms with Crippen LogP contribution >= 0.6 is 0 Å². The summed E-state index contributed by atoms with van der Waals surface area (Å²) in [5.74, 6) is 2.18. The Bertz CT molecular complexity index is 486. The Balaban J connectivity index is 1.57. The largest absolute Gasteiger partial charge is 0.494 e. The van der Waals surface area contributed by atoms with Crippen LogP contribution < -0.4 is 15.4 Å². The average Bonchev–Trinajstić information content (AvgIpc) is 3.09. The summed E-state index contributed by atoms with van der Waals surface area (Å²) in [6, 6.07) is 7.61. The fraction of sp³-hybridized carbons (Fsp3) is 0.588. The van der Waals surface area contributed by atoms with Crippen LogP contribution in [-0.2, 0) is 4.79 Å². The van der Waals surface area contributed by atoms with Gasteiger partial charge in [0.25, 0.3) is 0 Å². The third-order valence-corrected chi connectivity index (χ3v) is 4.62. The van der Waals surface area contributed by atoms with Crippen LogP contribution in [-0.4, -0.2) is 25.1 Å². The Hall–Kier alpha value is -1.55. The highest BCUT2D eigenvalue weighted by molar-refractivity contribution is 5.95. The number of ether oxygens (including phenoxy) is 1. The van der Waals surface area contributed by atoms with Crippen LogP contribution in [0.15, 0.2) is 24.3 Å². The quantitative estimate of drug-likeness (QED) is 0.876. The summed E-state index contributed by atoms with van der Waals surface area (Å²) in [6.45, 7) is 3.80. The van der Waals surface area contributed by atoms with E-state index >= 15 is 0 Å². The zero-order valence-corrected chi connectivity index (χ0v) is 12.6. The molecule has 1 saturated heterocycles.